The van der Waals surface area contributed by atoms with Crippen molar-refractivity contribution in [2.45, 2.75) is 12.7 Å². The molecule has 0 fully saturated rings. The SMILES string of the molecule is NC(c1ccc(OC(F)F)cc1)c1cc(F)ccc1F. The smallest absolute Gasteiger partial charge is 0.387 e. The third-order valence-electron chi connectivity index (χ3n) is 2.76. The van der Waals surface area contributed by atoms with Gasteiger partial charge in [0.2, 0.25) is 0 Å². The van der Waals surface area contributed by atoms with Crippen molar-refractivity contribution in [1.29, 1.82) is 0 Å². The number of hydrogen-bond acceptors (Lipinski definition) is 2. The monoisotopic (exact) mass is 285 g/mol. The van der Waals surface area contributed by atoms with E-state index in [4.69, 9.17) is 5.73 Å². The topological polar surface area (TPSA) is 35.2 Å². The van der Waals surface area contributed by atoms with Crippen molar-refractivity contribution in [2.24, 2.45) is 5.73 Å². The largest absolute Gasteiger partial charge is 0.435 e. The van der Waals surface area contributed by atoms with Crippen molar-refractivity contribution in [3.8, 4) is 5.75 Å². The summed E-state index contributed by atoms with van der Waals surface area (Å²) in [7, 11) is 0. The third kappa shape index (κ3) is 3.27. The van der Waals surface area contributed by atoms with Crippen LogP contribution in [0.25, 0.3) is 0 Å². The van der Waals surface area contributed by atoms with Crippen molar-refractivity contribution in [3.63, 3.8) is 0 Å². The molecule has 106 valence electrons. The summed E-state index contributed by atoms with van der Waals surface area (Å²) in [6.07, 6.45) is 0. The minimum atomic E-state index is -2.92. The fourth-order valence-corrected chi connectivity index (χ4v) is 1.79. The maximum absolute atomic E-state index is 13.6. The minimum absolute atomic E-state index is 0.00692. The Morgan fingerprint density at radius 2 is 1.60 bits per heavy atom. The summed E-state index contributed by atoms with van der Waals surface area (Å²) < 4.78 is 54.9. The molecule has 0 heterocycles. The Bertz CT molecular complexity index is 586. The quantitative estimate of drug-likeness (QED) is 0.871. The molecule has 0 bridgehead atoms. The van der Waals surface area contributed by atoms with Crippen LogP contribution in [0, 0.1) is 11.6 Å². The molecule has 0 spiro atoms. The predicted molar refractivity (Wildman–Crippen MR) is 65.5 cm³/mol. The van der Waals surface area contributed by atoms with E-state index in [2.05, 4.69) is 4.74 Å². The zero-order chi connectivity index (χ0) is 14.7. The summed E-state index contributed by atoms with van der Waals surface area (Å²) in [6, 6.07) is 7.51. The Morgan fingerprint density at radius 1 is 0.950 bits per heavy atom. The van der Waals surface area contributed by atoms with Crippen LogP contribution in [0.1, 0.15) is 17.2 Å². The van der Waals surface area contributed by atoms with Crippen LogP contribution in [0.3, 0.4) is 0 Å². The highest BCUT2D eigenvalue weighted by Crippen LogP contribution is 2.25. The van der Waals surface area contributed by atoms with E-state index in [1.54, 1.807) is 0 Å². The van der Waals surface area contributed by atoms with Gasteiger partial charge in [-0.25, -0.2) is 8.78 Å². The zero-order valence-corrected chi connectivity index (χ0v) is 10.2. The van der Waals surface area contributed by atoms with Gasteiger partial charge < -0.3 is 10.5 Å². The molecule has 0 aromatic heterocycles. The lowest BCUT2D eigenvalue weighted by Gasteiger charge is -2.14. The fraction of sp³-hybridized carbons (Fsp3) is 0.143. The number of alkyl halides is 2. The molecule has 1 unspecified atom stereocenters. The van der Waals surface area contributed by atoms with Gasteiger partial charge in [0.15, 0.2) is 0 Å². The van der Waals surface area contributed by atoms with E-state index in [9.17, 15) is 17.6 Å². The zero-order valence-electron chi connectivity index (χ0n) is 10.2. The molecule has 0 saturated carbocycles. The van der Waals surface area contributed by atoms with Gasteiger partial charge in [-0.2, -0.15) is 8.78 Å². The summed E-state index contributed by atoms with van der Waals surface area (Å²) in [6.45, 7) is -2.92. The first-order valence-electron chi connectivity index (χ1n) is 5.72. The second-order valence-corrected chi connectivity index (χ2v) is 4.09. The molecule has 2 aromatic carbocycles. The standard InChI is InChI=1S/C14H11F4NO/c15-9-3-6-12(16)11(7-9)13(19)8-1-4-10(5-2-8)20-14(17)18/h1-7,13-14H,19H2. The molecule has 0 aliphatic heterocycles. The van der Waals surface area contributed by atoms with Gasteiger partial charge in [0.05, 0.1) is 6.04 Å². The van der Waals surface area contributed by atoms with E-state index in [0.29, 0.717) is 5.56 Å². The van der Waals surface area contributed by atoms with Gasteiger partial charge in [-0.05, 0) is 35.9 Å². The average Bonchev–Trinajstić information content (AvgIpc) is 2.41. The maximum Gasteiger partial charge on any atom is 0.387 e. The Balaban J connectivity index is 2.24. The average molecular weight is 285 g/mol. The molecule has 2 rings (SSSR count). The summed E-state index contributed by atoms with van der Waals surface area (Å²) in [5, 5.41) is 0. The highest BCUT2D eigenvalue weighted by atomic mass is 19.3. The summed E-state index contributed by atoms with van der Waals surface area (Å²) in [5.74, 6) is -1.27. The fourth-order valence-electron chi connectivity index (χ4n) is 1.79. The minimum Gasteiger partial charge on any atom is -0.435 e. The first-order valence-corrected chi connectivity index (χ1v) is 5.72. The Kier molecular flexibility index (Phi) is 4.24. The molecule has 0 aliphatic rings. The molecule has 0 aliphatic carbocycles. The second kappa shape index (κ2) is 5.92. The Morgan fingerprint density at radius 3 is 2.20 bits per heavy atom. The number of hydrogen-bond donors (Lipinski definition) is 1. The number of ether oxygens (including phenoxy) is 1. The van der Waals surface area contributed by atoms with Crippen molar-refractivity contribution in [2.75, 3.05) is 0 Å². The summed E-state index contributed by atoms with van der Waals surface area (Å²) in [5.41, 5.74) is 6.29. The molecule has 0 amide bonds. The van der Waals surface area contributed by atoms with Gasteiger partial charge in [-0.1, -0.05) is 12.1 Å². The number of rotatable bonds is 4. The highest BCUT2D eigenvalue weighted by Gasteiger charge is 2.15. The highest BCUT2D eigenvalue weighted by molar-refractivity contribution is 5.35. The molecule has 2 aromatic rings. The Hall–Kier alpha value is -2.08. The van der Waals surface area contributed by atoms with Crippen LogP contribution in [0.5, 0.6) is 5.75 Å². The first kappa shape index (κ1) is 14.3. The van der Waals surface area contributed by atoms with Gasteiger partial charge >= 0.3 is 6.61 Å². The molecule has 6 heteroatoms. The third-order valence-corrected chi connectivity index (χ3v) is 2.76. The lowest BCUT2D eigenvalue weighted by atomic mass is 9.99. The summed E-state index contributed by atoms with van der Waals surface area (Å²) >= 11 is 0. The lowest BCUT2D eigenvalue weighted by molar-refractivity contribution is -0.0498. The van der Waals surface area contributed by atoms with E-state index < -0.39 is 24.3 Å². The van der Waals surface area contributed by atoms with Crippen molar-refractivity contribution in [3.05, 3.63) is 65.2 Å². The van der Waals surface area contributed by atoms with E-state index in [-0.39, 0.29) is 11.3 Å². The summed E-state index contributed by atoms with van der Waals surface area (Å²) in [4.78, 5) is 0. The molecule has 0 saturated heterocycles. The second-order valence-electron chi connectivity index (χ2n) is 4.09. The van der Waals surface area contributed by atoms with E-state index >= 15 is 0 Å². The van der Waals surface area contributed by atoms with Crippen molar-refractivity contribution < 1.29 is 22.3 Å². The molecular formula is C14H11F4NO. The normalized spacial score (nSPS) is 12.5. The van der Waals surface area contributed by atoms with Crippen molar-refractivity contribution >= 4 is 0 Å². The van der Waals surface area contributed by atoms with Crippen LogP contribution < -0.4 is 10.5 Å². The number of halogens is 4. The molecule has 20 heavy (non-hydrogen) atoms. The van der Waals surface area contributed by atoms with E-state index in [0.717, 1.165) is 18.2 Å². The van der Waals surface area contributed by atoms with Gasteiger partial charge in [0, 0.05) is 5.56 Å². The van der Waals surface area contributed by atoms with Crippen LogP contribution in [-0.4, -0.2) is 6.61 Å². The van der Waals surface area contributed by atoms with Crippen molar-refractivity contribution in [1.82, 2.24) is 0 Å². The van der Waals surface area contributed by atoms with Gasteiger partial charge in [0.25, 0.3) is 0 Å². The Labute approximate surface area is 112 Å². The lowest BCUT2D eigenvalue weighted by Crippen LogP contribution is -2.14. The molecule has 2 N–H and O–H groups in total. The van der Waals surface area contributed by atoms with Crippen LogP contribution in [0.15, 0.2) is 42.5 Å². The number of benzene rings is 2. The molecular weight excluding hydrogens is 274 g/mol. The molecule has 1 atom stereocenters. The molecule has 0 radical (unpaired) electrons. The van der Waals surface area contributed by atoms with Gasteiger partial charge in [-0.3, -0.25) is 0 Å². The maximum atomic E-state index is 13.6. The van der Waals surface area contributed by atoms with Gasteiger partial charge in [-0.15, -0.1) is 0 Å². The first-order chi connectivity index (χ1) is 9.47. The van der Waals surface area contributed by atoms with E-state index in [1.807, 2.05) is 0 Å². The number of nitrogens with two attached hydrogens (primary N) is 1. The van der Waals surface area contributed by atoms with Crippen LogP contribution in [0.4, 0.5) is 17.6 Å². The van der Waals surface area contributed by atoms with Crippen LogP contribution in [0.2, 0.25) is 0 Å². The van der Waals surface area contributed by atoms with Crippen LogP contribution >= 0.6 is 0 Å². The van der Waals surface area contributed by atoms with E-state index in [1.165, 1.54) is 24.3 Å². The van der Waals surface area contributed by atoms with Crippen LogP contribution in [-0.2, 0) is 0 Å². The molecule has 2 nitrogen and oxygen atoms in total. The van der Waals surface area contributed by atoms with Gasteiger partial charge in [0.1, 0.15) is 17.4 Å². The predicted octanol–water partition coefficient (Wildman–Crippen LogP) is 3.61.